The van der Waals surface area contributed by atoms with E-state index in [9.17, 15) is 4.79 Å². The number of benzene rings is 2. The molecule has 0 bridgehead atoms. The summed E-state index contributed by atoms with van der Waals surface area (Å²) in [5.74, 6) is 0.763. The molecule has 0 saturated carbocycles. The van der Waals surface area contributed by atoms with Crippen LogP contribution in [0.5, 0.6) is 5.75 Å². The van der Waals surface area contributed by atoms with Crippen LogP contribution in [0.3, 0.4) is 0 Å². The van der Waals surface area contributed by atoms with Gasteiger partial charge in [-0.1, -0.05) is 49.4 Å². The Morgan fingerprint density at radius 3 is 2.33 bits per heavy atom. The highest BCUT2D eigenvalue weighted by Gasteiger charge is 2.12. The first kappa shape index (κ1) is 15.1. The SMILES string of the molecule is COc1ccc([C@@H](C)CC(=O)OCc2ccccc2)cc1. The Bertz CT molecular complexity index is 561. The van der Waals surface area contributed by atoms with E-state index in [2.05, 4.69) is 0 Å². The molecule has 2 rings (SSSR count). The third-order valence-electron chi connectivity index (χ3n) is 3.40. The summed E-state index contributed by atoms with van der Waals surface area (Å²) >= 11 is 0. The van der Waals surface area contributed by atoms with Crippen LogP contribution in [0, 0.1) is 0 Å². The minimum atomic E-state index is -0.179. The minimum Gasteiger partial charge on any atom is -0.497 e. The molecule has 0 fully saturated rings. The molecule has 0 aliphatic heterocycles. The highest BCUT2D eigenvalue weighted by atomic mass is 16.5. The zero-order valence-electron chi connectivity index (χ0n) is 12.4. The highest BCUT2D eigenvalue weighted by Crippen LogP contribution is 2.22. The topological polar surface area (TPSA) is 35.5 Å². The van der Waals surface area contributed by atoms with Crippen LogP contribution in [0.15, 0.2) is 54.6 Å². The van der Waals surface area contributed by atoms with Gasteiger partial charge in [0, 0.05) is 0 Å². The maximum Gasteiger partial charge on any atom is 0.306 e. The molecule has 2 aromatic carbocycles. The number of rotatable bonds is 6. The van der Waals surface area contributed by atoms with Gasteiger partial charge in [0.05, 0.1) is 13.5 Å². The Morgan fingerprint density at radius 2 is 1.71 bits per heavy atom. The van der Waals surface area contributed by atoms with Gasteiger partial charge in [-0.05, 0) is 29.2 Å². The van der Waals surface area contributed by atoms with Crippen molar-refractivity contribution in [2.24, 2.45) is 0 Å². The van der Waals surface area contributed by atoms with Gasteiger partial charge in [0.25, 0.3) is 0 Å². The lowest BCUT2D eigenvalue weighted by molar-refractivity contribution is -0.145. The Kier molecular flexibility index (Phi) is 5.38. The number of methoxy groups -OCH3 is 1. The van der Waals surface area contributed by atoms with E-state index >= 15 is 0 Å². The molecule has 0 aliphatic carbocycles. The molecule has 0 heterocycles. The molecular weight excluding hydrogens is 264 g/mol. The van der Waals surface area contributed by atoms with Crippen molar-refractivity contribution in [3.05, 3.63) is 65.7 Å². The van der Waals surface area contributed by atoms with Gasteiger partial charge >= 0.3 is 5.97 Å². The quantitative estimate of drug-likeness (QED) is 0.754. The molecule has 2 aromatic rings. The lowest BCUT2D eigenvalue weighted by Crippen LogP contribution is -2.08. The zero-order chi connectivity index (χ0) is 15.1. The van der Waals surface area contributed by atoms with Gasteiger partial charge in [0.1, 0.15) is 12.4 Å². The van der Waals surface area contributed by atoms with Gasteiger partial charge in [-0.15, -0.1) is 0 Å². The number of esters is 1. The van der Waals surface area contributed by atoms with Crippen molar-refractivity contribution in [2.45, 2.75) is 25.9 Å². The van der Waals surface area contributed by atoms with Crippen LogP contribution in [-0.4, -0.2) is 13.1 Å². The van der Waals surface area contributed by atoms with Crippen molar-refractivity contribution in [1.82, 2.24) is 0 Å². The predicted octanol–water partition coefficient (Wildman–Crippen LogP) is 3.93. The minimum absolute atomic E-state index is 0.124. The second-order valence-corrected chi connectivity index (χ2v) is 5.02. The van der Waals surface area contributed by atoms with E-state index in [4.69, 9.17) is 9.47 Å². The van der Waals surface area contributed by atoms with E-state index in [0.29, 0.717) is 13.0 Å². The van der Waals surface area contributed by atoms with E-state index in [1.165, 1.54) is 0 Å². The molecule has 1 atom stereocenters. The van der Waals surface area contributed by atoms with Crippen LogP contribution in [0.2, 0.25) is 0 Å². The summed E-state index contributed by atoms with van der Waals surface area (Å²) < 4.78 is 10.4. The van der Waals surface area contributed by atoms with Gasteiger partial charge in [-0.3, -0.25) is 4.79 Å². The average Bonchev–Trinajstić information content (AvgIpc) is 2.54. The smallest absolute Gasteiger partial charge is 0.306 e. The molecule has 0 radical (unpaired) electrons. The van der Waals surface area contributed by atoms with E-state index in [1.54, 1.807) is 7.11 Å². The molecule has 0 spiro atoms. The Morgan fingerprint density at radius 1 is 1.05 bits per heavy atom. The lowest BCUT2D eigenvalue weighted by atomic mass is 9.98. The summed E-state index contributed by atoms with van der Waals surface area (Å²) in [5, 5.41) is 0. The van der Waals surface area contributed by atoms with Gasteiger partial charge in [0.2, 0.25) is 0 Å². The second-order valence-electron chi connectivity index (χ2n) is 5.02. The van der Waals surface area contributed by atoms with Crippen LogP contribution in [0.4, 0.5) is 0 Å². The fraction of sp³-hybridized carbons (Fsp3) is 0.278. The molecule has 0 aromatic heterocycles. The first-order valence-corrected chi connectivity index (χ1v) is 7.02. The van der Waals surface area contributed by atoms with Crippen molar-refractivity contribution in [1.29, 1.82) is 0 Å². The van der Waals surface area contributed by atoms with Gasteiger partial charge in [-0.2, -0.15) is 0 Å². The number of carbonyl (C=O) groups excluding carboxylic acids is 1. The standard InChI is InChI=1S/C18H20O3/c1-14(16-8-10-17(20-2)11-9-16)12-18(19)21-13-15-6-4-3-5-7-15/h3-11,14H,12-13H2,1-2H3/t14-/m0/s1. The second kappa shape index (κ2) is 7.48. The van der Waals surface area contributed by atoms with E-state index in [1.807, 2.05) is 61.5 Å². The third-order valence-corrected chi connectivity index (χ3v) is 3.40. The molecule has 0 unspecified atom stereocenters. The summed E-state index contributed by atoms with van der Waals surface area (Å²) in [4.78, 5) is 11.9. The summed E-state index contributed by atoms with van der Waals surface area (Å²) in [6.07, 6.45) is 0.374. The highest BCUT2D eigenvalue weighted by molar-refractivity contribution is 5.70. The van der Waals surface area contributed by atoms with Crippen molar-refractivity contribution in [3.63, 3.8) is 0 Å². The number of hydrogen-bond donors (Lipinski definition) is 0. The first-order valence-electron chi connectivity index (χ1n) is 7.02. The van der Waals surface area contributed by atoms with Gasteiger partial charge in [-0.25, -0.2) is 0 Å². The van der Waals surface area contributed by atoms with Crippen molar-refractivity contribution in [2.75, 3.05) is 7.11 Å². The molecule has 0 saturated heterocycles. The fourth-order valence-corrected chi connectivity index (χ4v) is 2.10. The van der Waals surface area contributed by atoms with Crippen molar-refractivity contribution < 1.29 is 14.3 Å². The Labute approximate surface area is 125 Å². The maximum absolute atomic E-state index is 11.9. The molecule has 0 aliphatic rings. The molecule has 0 N–H and O–H groups in total. The predicted molar refractivity (Wildman–Crippen MR) is 82.3 cm³/mol. The van der Waals surface area contributed by atoms with Gasteiger partial charge in [0.15, 0.2) is 0 Å². The third kappa shape index (κ3) is 4.63. The normalized spacial score (nSPS) is 11.7. The number of carbonyl (C=O) groups is 1. The van der Waals surface area contributed by atoms with Crippen molar-refractivity contribution in [3.8, 4) is 5.75 Å². The van der Waals surface area contributed by atoms with E-state index < -0.39 is 0 Å². The average molecular weight is 284 g/mol. The Hall–Kier alpha value is -2.29. The molecule has 3 nitrogen and oxygen atoms in total. The number of hydrogen-bond acceptors (Lipinski definition) is 3. The summed E-state index contributed by atoms with van der Waals surface area (Å²) in [6, 6.07) is 17.5. The molecular formula is C18H20O3. The van der Waals surface area contributed by atoms with E-state index in [-0.39, 0.29) is 11.9 Å². The van der Waals surface area contributed by atoms with Crippen LogP contribution in [0.1, 0.15) is 30.4 Å². The maximum atomic E-state index is 11.9. The Balaban J connectivity index is 1.83. The van der Waals surface area contributed by atoms with Crippen molar-refractivity contribution >= 4 is 5.97 Å². The largest absolute Gasteiger partial charge is 0.497 e. The van der Waals surface area contributed by atoms with Crippen LogP contribution in [0.25, 0.3) is 0 Å². The zero-order valence-corrected chi connectivity index (χ0v) is 12.4. The number of ether oxygens (including phenoxy) is 2. The summed E-state index contributed by atoms with van der Waals surface area (Å²) in [6.45, 7) is 2.35. The van der Waals surface area contributed by atoms with Gasteiger partial charge < -0.3 is 9.47 Å². The molecule has 110 valence electrons. The first-order chi connectivity index (χ1) is 10.2. The molecule has 3 heteroatoms. The fourth-order valence-electron chi connectivity index (χ4n) is 2.10. The summed E-state index contributed by atoms with van der Waals surface area (Å²) in [5.41, 5.74) is 2.11. The lowest BCUT2D eigenvalue weighted by Gasteiger charge is -2.12. The summed E-state index contributed by atoms with van der Waals surface area (Å²) in [7, 11) is 1.64. The monoisotopic (exact) mass is 284 g/mol. The molecule has 0 amide bonds. The van der Waals surface area contributed by atoms with E-state index in [0.717, 1.165) is 16.9 Å². The van der Waals surface area contributed by atoms with Crippen LogP contribution in [-0.2, 0) is 16.1 Å². The van der Waals surface area contributed by atoms with Crippen LogP contribution < -0.4 is 4.74 Å². The van der Waals surface area contributed by atoms with Crippen LogP contribution >= 0.6 is 0 Å². The molecule has 21 heavy (non-hydrogen) atoms.